The molecule has 12 heavy (non-hydrogen) atoms. The molecule has 0 bridgehead atoms. The number of unbranched alkanes of at least 4 members (excludes halogenated alkanes) is 1. The van der Waals surface area contributed by atoms with Crippen molar-refractivity contribution in [2.75, 3.05) is 0 Å². The average molecular weight is 170 g/mol. The van der Waals surface area contributed by atoms with Gasteiger partial charge in [-0.25, -0.2) is 0 Å². The second-order valence-corrected chi connectivity index (χ2v) is 4.19. The topological polar surface area (TPSA) is 17.1 Å². The molecule has 0 fully saturated rings. The van der Waals surface area contributed by atoms with Crippen LogP contribution in [0.2, 0.25) is 0 Å². The summed E-state index contributed by atoms with van der Waals surface area (Å²) in [5.74, 6) is 1.41. The van der Waals surface area contributed by atoms with E-state index in [0.29, 0.717) is 5.78 Å². The molecule has 0 radical (unpaired) electrons. The Labute approximate surface area is 76.6 Å². The normalized spacial score (nSPS) is 13.4. The summed E-state index contributed by atoms with van der Waals surface area (Å²) in [6, 6.07) is 0. The average Bonchev–Trinajstić information content (AvgIpc) is 1.97. The molecule has 72 valence electrons. The molecule has 0 aromatic rings. The molecule has 0 aliphatic carbocycles. The van der Waals surface area contributed by atoms with Gasteiger partial charge >= 0.3 is 0 Å². The lowest BCUT2D eigenvalue weighted by Gasteiger charge is -2.07. The van der Waals surface area contributed by atoms with E-state index in [2.05, 4.69) is 13.8 Å². The van der Waals surface area contributed by atoms with Gasteiger partial charge in [-0.05, 0) is 19.3 Å². The van der Waals surface area contributed by atoms with Crippen molar-refractivity contribution in [3.63, 3.8) is 0 Å². The maximum absolute atomic E-state index is 10.9. The van der Waals surface area contributed by atoms with Crippen molar-refractivity contribution in [1.82, 2.24) is 0 Å². The van der Waals surface area contributed by atoms with E-state index < -0.39 is 0 Å². The third-order valence-corrected chi connectivity index (χ3v) is 2.36. The summed E-state index contributed by atoms with van der Waals surface area (Å²) in [5, 5.41) is 0. The summed E-state index contributed by atoms with van der Waals surface area (Å²) >= 11 is 0. The van der Waals surface area contributed by atoms with Crippen LogP contribution in [0.4, 0.5) is 0 Å². The Bertz CT molecular complexity index is 127. The van der Waals surface area contributed by atoms with E-state index in [1.807, 2.05) is 6.92 Å². The summed E-state index contributed by atoms with van der Waals surface area (Å²) in [5.41, 5.74) is 0. The van der Waals surface area contributed by atoms with Crippen LogP contribution in [0.25, 0.3) is 0 Å². The first-order chi connectivity index (χ1) is 5.54. The van der Waals surface area contributed by atoms with Crippen molar-refractivity contribution in [2.24, 2.45) is 11.8 Å². The molecule has 0 N–H and O–H groups in total. The van der Waals surface area contributed by atoms with Crippen LogP contribution in [0.3, 0.4) is 0 Å². The summed E-state index contributed by atoms with van der Waals surface area (Å²) in [6.07, 6.45) is 4.85. The van der Waals surface area contributed by atoms with Crippen molar-refractivity contribution in [2.45, 2.75) is 53.4 Å². The largest absolute Gasteiger partial charge is 0.300 e. The number of hydrogen-bond donors (Lipinski definition) is 0. The fourth-order valence-corrected chi connectivity index (χ4v) is 1.21. The lowest BCUT2D eigenvalue weighted by molar-refractivity contribution is -0.120. The molecule has 0 saturated heterocycles. The van der Waals surface area contributed by atoms with Crippen LogP contribution in [-0.4, -0.2) is 5.78 Å². The first-order valence-corrected chi connectivity index (χ1v) is 5.04. The molecule has 0 aliphatic heterocycles. The van der Waals surface area contributed by atoms with Gasteiger partial charge in [0.2, 0.25) is 0 Å². The molecule has 1 atom stereocenters. The smallest absolute Gasteiger partial charge is 0.132 e. The second kappa shape index (κ2) is 6.22. The van der Waals surface area contributed by atoms with Crippen molar-refractivity contribution < 1.29 is 4.79 Å². The van der Waals surface area contributed by atoms with E-state index >= 15 is 0 Å². The molecule has 0 aliphatic rings. The highest BCUT2D eigenvalue weighted by Gasteiger charge is 2.06. The number of hydrogen-bond acceptors (Lipinski definition) is 1. The number of carbonyl (C=O) groups is 1. The van der Waals surface area contributed by atoms with Gasteiger partial charge in [0.1, 0.15) is 5.78 Å². The van der Waals surface area contributed by atoms with E-state index in [4.69, 9.17) is 0 Å². The van der Waals surface area contributed by atoms with Gasteiger partial charge in [0.25, 0.3) is 0 Å². The van der Waals surface area contributed by atoms with E-state index in [9.17, 15) is 4.79 Å². The zero-order valence-corrected chi connectivity index (χ0v) is 8.89. The molecule has 0 spiro atoms. The zero-order chi connectivity index (χ0) is 9.56. The summed E-state index contributed by atoms with van der Waals surface area (Å²) < 4.78 is 0. The van der Waals surface area contributed by atoms with Crippen LogP contribution < -0.4 is 0 Å². The molecular weight excluding hydrogens is 148 g/mol. The molecule has 0 aromatic heterocycles. The minimum atomic E-state index is 0.275. The molecule has 1 nitrogen and oxygen atoms in total. The predicted molar refractivity (Wildman–Crippen MR) is 53.2 cm³/mol. The van der Waals surface area contributed by atoms with E-state index in [-0.39, 0.29) is 5.92 Å². The van der Waals surface area contributed by atoms with Crippen LogP contribution >= 0.6 is 0 Å². The standard InChI is InChI=1S/C11H22O/c1-9(2)7-5-6-8-10(3)11(4)12/h9-10H,5-8H2,1-4H3. The first kappa shape index (κ1) is 11.7. The van der Waals surface area contributed by atoms with Gasteiger partial charge in [-0.2, -0.15) is 0 Å². The van der Waals surface area contributed by atoms with Crippen molar-refractivity contribution in [3.05, 3.63) is 0 Å². The molecule has 0 rings (SSSR count). The number of carbonyl (C=O) groups excluding carboxylic acids is 1. The summed E-state index contributed by atoms with van der Waals surface area (Å²) in [7, 11) is 0. The van der Waals surface area contributed by atoms with Gasteiger partial charge < -0.3 is 0 Å². The van der Waals surface area contributed by atoms with E-state index in [1.165, 1.54) is 19.3 Å². The molecular formula is C11H22O. The van der Waals surface area contributed by atoms with Crippen molar-refractivity contribution in [1.29, 1.82) is 0 Å². The first-order valence-electron chi connectivity index (χ1n) is 5.04. The lowest BCUT2D eigenvalue weighted by atomic mass is 9.98. The molecule has 0 aromatic carbocycles. The van der Waals surface area contributed by atoms with Crippen LogP contribution in [0.15, 0.2) is 0 Å². The maximum Gasteiger partial charge on any atom is 0.132 e. The Kier molecular flexibility index (Phi) is 6.04. The second-order valence-electron chi connectivity index (χ2n) is 4.19. The highest BCUT2D eigenvalue weighted by molar-refractivity contribution is 5.77. The third kappa shape index (κ3) is 6.38. The molecule has 0 saturated carbocycles. The Morgan fingerprint density at radius 3 is 2.00 bits per heavy atom. The lowest BCUT2D eigenvalue weighted by Crippen LogP contribution is -2.05. The van der Waals surface area contributed by atoms with Crippen molar-refractivity contribution >= 4 is 5.78 Å². The SMILES string of the molecule is CC(=O)C(C)CCCCC(C)C. The predicted octanol–water partition coefficient (Wildman–Crippen LogP) is 3.43. The minimum Gasteiger partial charge on any atom is -0.300 e. The van der Waals surface area contributed by atoms with Crippen LogP contribution in [-0.2, 0) is 4.79 Å². The van der Waals surface area contributed by atoms with Crippen LogP contribution in [0.5, 0.6) is 0 Å². The number of rotatable bonds is 6. The quantitative estimate of drug-likeness (QED) is 0.558. The van der Waals surface area contributed by atoms with E-state index in [1.54, 1.807) is 6.92 Å². The highest BCUT2D eigenvalue weighted by atomic mass is 16.1. The monoisotopic (exact) mass is 170 g/mol. The van der Waals surface area contributed by atoms with Crippen LogP contribution in [0.1, 0.15) is 53.4 Å². The van der Waals surface area contributed by atoms with Gasteiger partial charge in [-0.1, -0.05) is 40.0 Å². The van der Waals surface area contributed by atoms with Gasteiger partial charge in [-0.15, -0.1) is 0 Å². The van der Waals surface area contributed by atoms with Crippen molar-refractivity contribution in [3.8, 4) is 0 Å². The van der Waals surface area contributed by atoms with Gasteiger partial charge in [0.15, 0.2) is 0 Å². The zero-order valence-electron chi connectivity index (χ0n) is 8.89. The Morgan fingerprint density at radius 2 is 1.58 bits per heavy atom. The summed E-state index contributed by atoms with van der Waals surface area (Å²) in [6.45, 7) is 8.20. The van der Waals surface area contributed by atoms with Gasteiger partial charge in [0, 0.05) is 5.92 Å². The Balaban J connectivity index is 3.25. The fourth-order valence-electron chi connectivity index (χ4n) is 1.21. The van der Waals surface area contributed by atoms with Gasteiger partial charge in [0.05, 0.1) is 0 Å². The Morgan fingerprint density at radius 1 is 1.08 bits per heavy atom. The third-order valence-electron chi connectivity index (χ3n) is 2.36. The van der Waals surface area contributed by atoms with Crippen LogP contribution in [0, 0.1) is 11.8 Å². The maximum atomic E-state index is 10.9. The molecule has 0 amide bonds. The highest BCUT2D eigenvalue weighted by Crippen LogP contribution is 2.13. The molecule has 1 unspecified atom stereocenters. The molecule has 0 heterocycles. The summed E-state index contributed by atoms with van der Waals surface area (Å²) in [4.78, 5) is 10.9. The number of Topliss-reactive ketones (excluding diaryl/α,β-unsaturated/α-hetero) is 1. The van der Waals surface area contributed by atoms with Gasteiger partial charge in [-0.3, -0.25) is 4.79 Å². The fraction of sp³-hybridized carbons (Fsp3) is 0.909. The molecule has 1 heteroatoms. The minimum absolute atomic E-state index is 0.275. The van der Waals surface area contributed by atoms with E-state index in [0.717, 1.165) is 12.3 Å². The Hall–Kier alpha value is -0.330. The number of ketones is 1.